The molecular weight excluding hydrogens is 274 g/mol. The number of hydrogen-bond acceptors (Lipinski definition) is 6. The number of hydrogen-bond donors (Lipinski definition) is 1. The van der Waals surface area contributed by atoms with Gasteiger partial charge in [-0.25, -0.2) is 0 Å². The van der Waals surface area contributed by atoms with Crippen LogP contribution in [0.4, 0.5) is 0 Å². The highest BCUT2D eigenvalue weighted by Crippen LogP contribution is 2.37. The number of nitroso groups, excluding NO2 is 1. The molecule has 3 rings (SSSR count). The summed E-state index contributed by atoms with van der Waals surface area (Å²) >= 11 is 0. The molecule has 6 heteroatoms. The van der Waals surface area contributed by atoms with E-state index in [1.165, 1.54) is 6.07 Å². The first-order valence-corrected chi connectivity index (χ1v) is 6.26. The van der Waals surface area contributed by atoms with E-state index in [4.69, 9.17) is 4.42 Å². The van der Waals surface area contributed by atoms with Crippen LogP contribution < -0.4 is 10.9 Å². The van der Waals surface area contributed by atoms with Crippen molar-refractivity contribution < 1.29 is 9.52 Å². The molecule has 0 bridgehead atoms. The highest BCUT2D eigenvalue weighted by Gasteiger charge is 2.32. The van der Waals surface area contributed by atoms with Crippen molar-refractivity contribution in [2.45, 2.75) is 19.4 Å². The van der Waals surface area contributed by atoms with Crippen LogP contribution in [-0.2, 0) is 0 Å². The molecule has 0 spiro atoms. The van der Waals surface area contributed by atoms with Gasteiger partial charge in [-0.05, 0) is 43.7 Å². The van der Waals surface area contributed by atoms with Gasteiger partial charge < -0.3 is 9.52 Å². The summed E-state index contributed by atoms with van der Waals surface area (Å²) in [6.45, 7) is 3.47. The molecule has 1 aliphatic rings. The van der Waals surface area contributed by atoms with Gasteiger partial charge in [0.1, 0.15) is 22.6 Å². The third kappa shape index (κ3) is 1.72. The quantitative estimate of drug-likeness (QED) is 0.688. The van der Waals surface area contributed by atoms with Crippen molar-refractivity contribution in [1.29, 1.82) is 0 Å². The van der Waals surface area contributed by atoms with Crippen LogP contribution >= 0.6 is 0 Å². The lowest BCUT2D eigenvalue weighted by atomic mass is 9.98. The Balaban J connectivity index is 2.02. The van der Waals surface area contributed by atoms with Crippen LogP contribution in [-0.4, -0.2) is 10.6 Å². The van der Waals surface area contributed by atoms with Crippen molar-refractivity contribution in [3.63, 3.8) is 0 Å². The van der Waals surface area contributed by atoms with Crippen LogP contribution in [0.25, 0.3) is 16.9 Å². The summed E-state index contributed by atoms with van der Waals surface area (Å²) in [5.74, 6) is -0.0108. The Morgan fingerprint density at radius 2 is 1.86 bits per heavy atom. The van der Waals surface area contributed by atoms with Gasteiger partial charge in [0.05, 0.1) is 0 Å². The van der Waals surface area contributed by atoms with E-state index in [0.717, 1.165) is 5.57 Å². The van der Waals surface area contributed by atoms with E-state index in [-0.39, 0.29) is 11.3 Å². The topological polar surface area (TPSA) is 96.9 Å². The normalized spacial score (nSPS) is 21.4. The van der Waals surface area contributed by atoms with Crippen molar-refractivity contribution in [2.24, 2.45) is 5.18 Å². The van der Waals surface area contributed by atoms with Gasteiger partial charge in [0.2, 0.25) is 5.43 Å². The molecule has 0 saturated carbocycles. The molecule has 0 radical (unpaired) electrons. The molecule has 2 aromatic rings. The maximum atomic E-state index is 11.4. The Bertz CT molecular complexity index is 892. The third-order valence-electron chi connectivity index (χ3n) is 3.82. The summed E-state index contributed by atoms with van der Waals surface area (Å²) in [6.07, 6.45) is 3.44. The Morgan fingerprint density at radius 3 is 2.43 bits per heavy atom. The summed E-state index contributed by atoms with van der Waals surface area (Å²) < 4.78 is 5.50. The second-order valence-corrected chi connectivity index (χ2v) is 5.21. The zero-order valence-corrected chi connectivity index (χ0v) is 11.3. The first-order valence-electron chi connectivity index (χ1n) is 6.26. The smallest absolute Gasteiger partial charge is 0.268 e. The van der Waals surface area contributed by atoms with Crippen LogP contribution in [0.15, 0.2) is 49.0 Å². The van der Waals surface area contributed by atoms with Gasteiger partial charge in [-0.1, -0.05) is 5.18 Å². The number of rotatable bonds is 3. The SMILES string of the molecule is CC1=CC(c2ccc(-c3c(O)c(=O)c3=O)o2)=CC1(C)N=O. The standard InChI is InChI=1S/C15H11NO5/c1-7-5-8(6-15(7,2)16-20)9-3-4-10(21-9)11-12(17)14(19)13(11)18/h3-6,17H,1-2H3. The Morgan fingerprint density at radius 1 is 1.19 bits per heavy atom. The van der Waals surface area contributed by atoms with Crippen LogP contribution in [0.3, 0.4) is 0 Å². The number of furan rings is 1. The fraction of sp³-hybridized carbons (Fsp3) is 0.200. The molecule has 1 aromatic carbocycles. The molecule has 1 atom stereocenters. The van der Waals surface area contributed by atoms with Crippen LogP contribution in [0, 0.1) is 4.91 Å². The van der Waals surface area contributed by atoms with Crippen LogP contribution in [0.5, 0.6) is 5.75 Å². The predicted molar refractivity (Wildman–Crippen MR) is 76.7 cm³/mol. The number of allylic oxidation sites excluding steroid dienone is 2. The minimum atomic E-state index is -0.911. The van der Waals surface area contributed by atoms with Gasteiger partial charge in [0.25, 0.3) is 5.43 Å². The summed E-state index contributed by atoms with van der Waals surface area (Å²) in [4.78, 5) is 33.3. The lowest BCUT2D eigenvalue weighted by Crippen LogP contribution is -2.31. The van der Waals surface area contributed by atoms with E-state index in [0.29, 0.717) is 11.3 Å². The van der Waals surface area contributed by atoms with Crippen LogP contribution in [0.1, 0.15) is 19.6 Å². The highest BCUT2D eigenvalue weighted by molar-refractivity contribution is 5.79. The van der Waals surface area contributed by atoms with E-state index in [2.05, 4.69) is 5.18 Å². The first kappa shape index (κ1) is 13.2. The van der Waals surface area contributed by atoms with Gasteiger partial charge in [-0.2, -0.15) is 0 Å². The lowest BCUT2D eigenvalue weighted by molar-refractivity contribution is 0.461. The van der Waals surface area contributed by atoms with Crippen molar-refractivity contribution in [3.05, 3.63) is 61.0 Å². The average molecular weight is 285 g/mol. The molecule has 1 aromatic heterocycles. The van der Waals surface area contributed by atoms with Gasteiger partial charge in [0, 0.05) is 5.57 Å². The molecule has 0 saturated heterocycles. The van der Waals surface area contributed by atoms with Crippen molar-refractivity contribution in [2.75, 3.05) is 0 Å². The Hall–Kier alpha value is -2.76. The molecule has 0 fully saturated rings. The van der Waals surface area contributed by atoms with Gasteiger partial charge in [0.15, 0.2) is 5.75 Å². The van der Waals surface area contributed by atoms with E-state index in [9.17, 15) is 19.6 Å². The maximum absolute atomic E-state index is 11.4. The van der Waals surface area contributed by atoms with E-state index in [1.54, 1.807) is 32.1 Å². The minimum Gasteiger partial charge on any atom is -0.503 e. The van der Waals surface area contributed by atoms with Crippen LogP contribution in [0.2, 0.25) is 0 Å². The predicted octanol–water partition coefficient (Wildman–Crippen LogP) is 2.12. The van der Waals surface area contributed by atoms with Crippen molar-refractivity contribution in [1.82, 2.24) is 0 Å². The third-order valence-corrected chi connectivity index (χ3v) is 3.82. The van der Waals surface area contributed by atoms with Gasteiger partial charge in [-0.15, -0.1) is 4.91 Å². The molecular formula is C15H11NO5. The molecule has 1 N–H and O–H groups in total. The summed E-state index contributed by atoms with van der Waals surface area (Å²) in [7, 11) is 0. The Kier molecular flexibility index (Phi) is 2.59. The fourth-order valence-electron chi connectivity index (χ4n) is 2.31. The molecule has 1 aliphatic carbocycles. The zero-order chi connectivity index (χ0) is 15.4. The molecule has 1 heterocycles. The minimum absolute atomic E-state index is 0.109. The molecule has 0 aliphatic heterocycles. The monoisotopic (exact) mass is 285 g/mol. The molecule has 6 nitrogen and oxygen atoms in total. The first-order chi connectivity index (χ1) is 9.87. The average Bonchev–Trinajstić information content (AvgIpc) is 3.05. The second-order valence-electron chi connectivity index (χ2n) is 5.21. The number of nitrogens with zero attached hydrogens (tertiary/aromatic N) is 1. The molecule has 0 amide bonds. The van der Waals surface area contributed by atoms with E-state index >= 15 is 0 Å². The summed E-state index contributed by atoms with van der Waals surface area (Å²) in [5.41, 5.74) is -1.24. The number of aromatic hydroxyl groups is 1. The largest absolute Gasteiger partial charge is 0.503 e. The maximum Gasteiger partial charge on any atom is 0.268 e. The van der Waals surface area contributed by atoms with Gasteiger partial charge >= 0.3 is 0 Å². The summed E-state index contributed by atoms with van der Waals surface area (Å²) in [6, 6.07) is 3.11. The van der Waals surface area contributed by atoms with Crippen molar-refractivity contribution in [3.8, 4) is 17.1 Å². The second kappa shape index (κ2) is 4.12. The fourth-order valence-corrected chi connectivity index (χ4v) is 2.31. The van der Waals surface area contributed by atoms with Crippen molar-refractivity contribution >= 4 is 5.57 Å². The Labute approximate surface area is 118 Å². The molecule has 106 valence electrons. The zero-order valence-electron chi connectivity index (χ0n) is 11.3. The molecule has 1 unspecified atom stereocenters. The lowest BCUT2D eigenvalue weighted by Gasteiger charge is -2.12. The van der Waals surface area contributed by atoms with Gasteiger partial charge in [-0.3, -0.25) is 9.59 Å². The summed E-state index contributed by atoms with van der Waals surface area (Å²) in [5, 5.41) is 12.5. The van der Waals surface area contributed by atoms with E-state index in [1.807, 2.05) is 0 Å². The highest BCUT2D eigenvalue weighted by atomic mass is 16.3. The van der Waals surface area contributed by atoms with E-state index < -0.39 is 22.1 Å². The molecule has 21 heavy (non-hydrogen) atoms.